The van der Waals surface area contributed by atoms with Crippen LogP contribution in [0.2, 0.25) is 0 Å². The van der Waals surface area contributed by atoms with Gasteiger partial charge in [0.05, 0.1) is 17.2 Å². The standard InChI is InChI=1S/C21H18BrN5O4/c1-21(13-5-3-2-4-6-13)19(30)27(20(31)24-21)25-17(28)9-10-26-12-23-16-8-7-14(22)11-15(16)18(26)29/h2-8,11-12H,9-10H2,1H3,(H,24,31)(H,25,28). The summed E-state index contributed by atoms with van der Waals surface area (Å²) in [5, 5.41) is 3.71. The van der Waals surface area contributed by atoms with Gasteiger partial charge in [0.2, 0.25) is 5.91 Å². The molecular formula is C21H18BrN5O4. The zero-order valence-corrected chi connectivity index (χ0v) is 18.0. The predicted molar refractivity (Wildman–Crippen MR) is 116 cm³/mol. The molecule has 0 bridgehead atoms. The van der Waals surface area contributed by atoms with Crippen LogP contribution in [-0.4, -0.2) is 32.4 Å². The van der Waals surface area contributed by atoms with Crippen molar-refractivity contribution in [2.24, 2.45) is 0 Å². The van der Waals surface area contributed by atoms with E-state index in [-0.39, 0.29) is 18.5 Å². The molecule has 0 radical (unpaired) electrons. The lowest BCUT2D eigenvalue weighted by Crippen LogP contribution is -2.48. The van der Waals surface area contributed by atoms with Crippen molar-refractivity contribution >= 4 is 44.7 Å². The Balaban J connectivity index is 1.45. The minimum Gasteiger partial charge on any atom is -0.318 e. The van der Waals surface area contributed by atoms with Gasteiger partial charge in [-0.2, -0.15) is 5.01 Å². The first-order valence-corrected chi connectivity index (χ1v) is 10.3. The molecule has 4 rings (SSSR count). The van der Waals surface area contributed by atoms with Crippen molar-refractivity contribution in [1.29, 1.82) is 0 Å². The molecule has 1 saturated heterocycles. The van der Waals surface area contributed by atoms with Crippen molar-refractivity contribution in [3.8, 4) is 0 Å². The number of hydrogen-bond acceptors (Lipinski definition) is 5. The van der Waals surface area contributed by atoms with Gasteiger partial charge in [-0.05, 0) is 30.7 Å². The lowest BCUT2D eigenvalue weighted by atomic mass is 9.92. The number of imide groups is 1. The molecule has 1 atom stereocenters. The first-order chi connectivity index (χ1) is 14.8. The summed E-state index contributed by atoms with van der Waals surface area (Å²) in [4.78, 5) is 54.4. The van der Waals surface area contributed by atoms with E-state index in [9.17, 15) is 19.2 Å². The molecule has 0 saturated carbocycles. The number of urea groups is 1. The smallest absolute Gasteiger partial charge is 0.318 e. The van der Waals surface area contributed by atoms with Gasteiger partial charge in [-0.1, -0.05) is 46.3 Å². The molecule has 31 heavy (non-hydrogen) atoms. The number of carbonyl (C=O) groups excluding carboxylic acids is 3. The van der Waals surface area contributed by atoms with E-state index in [0.717, 1.165) is 4.47 Å². The number of halogens is 1. The van der Waals surface area contributed by atoms with Crippen LogP contribution in [-0.2, 0) is 21.7 Å². The van der Waals surface area contributed by atoms with E-state index in [0.29, 0.717) is 21.5 Å². The van der Waals surface area contributed by atoms with Crippen LogP contribution in [0.1, 0.15) is 18.9 Å². The average molecular weight is 484 g/mol. The number of nitrogens with one attached hydrogen (secondary N) is 2. The van der Waals surface area contributed by atoms with Gasteiger partial charge in [-0.25, -0.2) is 9.78 Å². The van der Waals surface area contributed by atoms with Crippen LogP contribution in [0, 0.1) is 0 Å². The van der Waals surface area contributed by atoms with E-state index in [1.54, 1.807) is 55.5 Å². The Morgan fingerprint density at radius 1 is 1.16 bits per heavy atom. The summed E-state index contributed by atoms with van der Waals surface area (Å²) in [6, 6.07) is 13.2. The van der Waals surface area contributed by atoms with Crippen LogP contribution in [0.3, 0.4) is 0 Å². The Labute approximate surface area is 185 Å². The lowest BCUT2D eigenvalue weighted by Gasteiger charge is -2.22. The van der Waals surface area contributed by atoms with Crippen molar-refractivity contribution < 1.29 is 14.4 Å². The molecule has 1 aromatic heterocycles. The number of hydrogen-bond donors (Lipinski definition) is 2. The van der Waals surface area contributed by atoms with Gasteiger partial charge in [0, 0.05) is 17.4 Å². The molecule has 4 amide bonds. The number of nitrogens with zero attached hydrogens (tertiary/aromatic N) is 3. The fourth-order valence-electron chi connectivity index (χ4n) is 3.40. The molecular weight excluding hydrogens is 466 g/mol. The number of carbonyl (C=O) groups is 3. The Hall–Kier alpha value is -3.53. The number of hydrazine groups is 1. The third-order valence-electron chi connectivity index (χ3n) is 5.14. The topological polar surface area (TPSA) is 113 Å². The van der Waals surface area contributed by atoms with E-state index >= 15 is 0 Å². The maximum atomic E-state index is 12.8. The first kappa shape index (κ1) is 20.7. The van der Waals surface area contributed by atoms with E-state index in [2.05, 4.69) is 31.7 Å². The molecule has 1 unspecified atom stereocenters. The molecule has 2 aromatic carbocycles. The number of rotatable bonds is 5. The van der Waals surface area contributed by atoms with E-state index in [4.69, 9.17) is 0 Å². The molecule has 0 spiro atoms. The highest BCUT2D eigenvalue weighted by molar-refractivity contribution is 9.10. The number of aryl methyl sites for hydroxylation is 1. The summed E-state index contributed by atoms with van der Waals surface area (Å²) in [5.74, 6) is -1.17. The van der Waals surface area contributed by atoms with E-state index < -0.39 is 23.4 Å². The predicted octanol–water partition coefficient (Wildman–Crippen LogP) is 2.05. The average Bonchev–Trinajstić information content (AvgIpc) is 2.98. The first-order valence-electron chi connectivity index (χ1n) is 9.46. The maximum absolute atomic E-state index is 12.8. The van der Waals surface area contributed by atoms with Gasteiger partial charge in [0.1, 0.15) is 5.54 Å². The van der Waals surface area contributed by atoms with Crippen molar-refractivity contribution in [2.45, 2.75) is 25.4 Å². The molecule has 3 aromatic rings. The van der Waals surface area contributed by atoms with Gasteiger partial charge < -0.3 is 5.32 Å². The Kier molecular flexibility index (Phi) is 5.32. The number of amides is 4. The third-order valence-corrected chi connectivity index (χ3v) is 5.64. The van der Waals surface area contributed by atoms with E-state index in [1.165, 1.54) is 10.9 Å². The van der Waals surface area contributed by atoms with Crippen LogP contribution in [0.4, 0.5) is 4.79 Å². The largest absolute Gasteiger partial charge is 0.344 e. The molecule has 1 fully saturated rings. The van der Waals surface area contributed by atoms with Crippen molar-refractivity contribution in [3.63, 3.8) is 0 Å². The highest BCUT2D eigenvalue weighted by Gasteiger charge is 2.49. The van der Waals surface area contributed by atoms with Crippen LogP contribution in [0.5, 0.6) is 0 Å². The summed E-state index contributed by atoms with van der Waals surface area (Å²) >= 11 is 3.32. The lowest BCUT2D eigenvalue weighted by molar-refractivity contribution is -0.139. The van der Waals surface area contributed by atoms with Gasteiger partial charge in [-0.15, -0.1) is 0 Å². The zero-order chi connectivity index (χ0) is 22.2. The minimum atomic E-state index is -1.28. The second kappa shape index (κ2) is 7.95. The van der Waals surface area contributed by atoms with Gasteiger partial charge in [0.15, 0.2) is 0 Å². The molecule has 158 valence electrons. The summed E-state index contributed by atoms with van der Waals surface area (Å²) in [7, 11) is 0. The summed E-state index contributed by atoms with van der Waals surface area (Å²) in [6.07, 6.45) is 1.24. The monoisotopic (exact) mass is 483 g/mol. The van der Waals surface area contributed by atoms with Gasteiger partial charge in [-0.3, -0.25) is 24.4 Å². The molecule has 2 N–H and O–H groups in total. The SMILES string of the molecule is CC1(c2ccccc2)NC(=O)N(NC(=O)CCn2cnc3ccc(Br)cc3c2=O)C1=O. The summed E-state index contributed by atoms with van der Waals surface area (Å²) in [5.41, 5.74) is 1.91. The fraction of sp³-hybridized carbons (Fsp3) is 0.190. The molecule has 1 aliphatic rings. The quantitative estimate of drug-likeness (QED) is 0.539. The van der Waals surface area contributed by atoms with Crippen LogP contribution in [0.25, 0.3) is 10.9 Å². The van der Waals surface area contributed by atoms with Crippen LogP contribution in [0.15, 0.2) is 64.1 Å². The van der Waals surface area contributed by atoms with Gasteiger partial charge in [0.25, 0.3) is 11.5 Å². The molecule has 2 heterocycles. The van der Waals surface area contributed by atoms with Crippen molar-refractivity contribution in [2.75, 3.05) is 0 Å². The zero-order valence-electron chi connectivity index (χ0n) is 16.5. The maximum Gasteiger partial charge on any atom is 0.344 e. The van der Waals surface area contributed by atoms with Crippen LogP contribution >= 0.6 is 15.9 Å². The van der Waals surface area contributed by atoms with Gasteiger partial charge >= 0.3 is 6.03 Å². The Morgan fingerprint density at radius 2 is 1.90 bits per heavy atom. The Morgan fingerprint density at radius 3 is 2.65 bits per heavy atom. The van der Waals surface area contributed by atoms with Crippen LogP contribution < -0.4 is 16.3 Å². The number of aromatic nitrogens is 2. The summed E-state index contributed by atoms with van der Waals surface area (Å²) in [6.45, 7) is 1.62. The fourth-order valence-corrected chi connectivity index (χ4v) is 3.76. The third kappa shape index (κ3) is 3.81. The Bertz CT molecular complexity index is 1260. The summed E-state index contributed by atoms with van der Waals surface area (Å²) < 4.78 is 2.06. The molecule has 10 heteroatoms. The highest BCUT2D eigenvalue weighted by atomic mass is 79.9. The molecule has 0 aliphatic carbocycles. The van der Waals surface area contributed by atoms with Crippen molar-refractivity contribution in [1.82, 2.24) is 25.3 Å². The number of fused-ring (bicyclic) bond motifs is 1. The van der Waals surface area contributed by atoms with Crippen molar-refractivity contribution in [3.05, 3.63) is 75.2 Å². The second-order valence-corrected chi connectivity index (χ2v) is 8.17. The molecule has 9 nitrogen and oxygen atoms in total. The normalized spacial score (nSPS) is 18.3. The highest BCUT2D eigenvalue weighted by Crippen LogP contribution is 2.27. The second-order valence-electron chi connectivity index (χ2n) is 7.25. The molecule has 1 aliphatic heterocycles. The van der Waals surface area contributed by atoms with E-state index in [1.807, 2.05) is 0 Å². The number of benzene rings is 2. The minimum absolute atomic E-state index is 0.0414.